The molecule has 1 rings (SSSR count). The van der Waals surface area contributed by atoms with Gasteiger partial charge in [-0.1, -0.05) is 0 Å². The lowest BCUT2D eigenvalue weighted by molar-refractivity contribution is 0.146. The molecule has 14 heavy (non-hydrogen) atoms. The summed E-state index contributed by atoms with van der Waals surface area (Å²) in [5.74, 6) is -1.29. The maximum atomic E-state index is 12.8. The maximum Gasteiger partial charge on any atom is 0.266 e. The van der Waals surface area contributed by atoms with Gasteiger partial charge in [-0.25, -0.2) is 26.7 Å². The van der Waals surface area contributed by atoms with E-state index < -0.39 is 32.7 Å². The summed E-state index contributed by atoms with van der Waals surface area (Å²) in [6, 6.07) is 2.00. The molecular formula is C7H6F3NO2S. The predicted octanol–water partition coefficient (Wildman–Crippen LogP) is 1.41. The first-order valence-corrected chi connectivity index (χ1v) is 4.97. The van der Waals surface area contributed by atoms with Crippen LogP contribution in [0.3, 0.4) is 0 Å². The van der Waals surface area contributed by atoms with E-state index in [1.54, 1.807) is 0 Å². The van der Waals surface area contributed by atoms with E-state index in [9.17, 15) is 21.6 Å². The minimum atomic E-state index is -4.05. The molecule has 0 aliphatic carbocycles. The van der Waals surface area contributed by atoms with Crippen LogP contribution in [0.2, 0.25) is 0 Å². The second-order valence-corrected chi connectivity index (χ2v) is 4.09. The van der Waals surface area contributed by atoms with Crippen molar-refractivity contribution in [1.29, 1.82) is 0 Å². The van der Waals surface area contributed by atoms with Crippen molar-refractivity contribution in [3.05, 3.63) is 29.6 Å². The van der Waals surface area contributed by atoms with E-state index in [4.69, 9.17) is 0 Å². The molecule has 0 saturated heterocycles. The second kappa shape index (κ2) is 3.58. The molecule has 0 aliphatic heterocycles. The molecule has 0 amide bonds. The number of nitrogens with two attached hydrogens (primary N) is 1. The molecule has 2 N–H and O–H groups in total. The molecule has 0 fully saturated rings. The maximum absolute atomic E-state index is 12.8. The highest BCUT2D eigenvalue weighted by atomic mass is 32.2. The minimum Gasteiger partial charge on any atom is -0.225 e. The van der Waals surface area contributed by atoms with E-state index in [1.165, 1.54) is 0 Å². The standard InChI is InChI=1S/C7H6F3NO2S/c8-6-3-4(14(11,12)13)1-2-5(6)7(9)10/h1-3,7H,(H2,11,12,13). The molecular weight excluding hydrogens is 219 g/mol. The lowest BCUT2D eigenvalue weighted by atomic mass is 10.2. The molecule has 0 radical (unpaired) electrons. The minimum absolute atomic E-state index is 0.469. The highest BCUT2D eigenvalue weighted by Crippen LogP contribution is 2.23. The van der Waals surface area contributed by atoms with Crippen LogP contribution in [0.1, 0.15) is 12.0 Å². The fourth-order valence-electron chi connectivity index (χ4n) is 0.862. The van der Waals surface area contributed by atoms with E-state index in [2.05, 4.69) is 5.14 Å². The number of benzene rings is 1. The molecule has 0 aromatic heterocycles. The summed E-state index contributed by atoms with van der Waals surface area (Å²) in [5, 5.41) is 4.67. The van der Waals surface area contributed by atoms with Crippen molar-refractivity contribution >= 4 is 10.0 Å². The molecule has 1 aromatic carbocycles. The van der Waals surface area contributed by atoms with Crippen molar-refractivity contribution in [2.24, 2.45) is 5.14 Å². The summed E-state index contributed by atoms with van der Waals surface area (Å²) in [5.41, 5.74) is -0.850. The average Bonchev–Trinajstić information content (AvgIpc) is 2.01. The normalized spacial score (nSPS) is 12.1. The average molecular weight is 225 g/mol. The van der Waals surface area contributed by atoms with E-state index >= 15 is 0 Å². The molecule has 0 heterocycles. The quantitative estimate of drug-likeness (QED) is 0.827. The van der Waals surface area contributed by atoms with Gasteiger partial charge in [-0.3, -0.25) is 0 Å². The molecule has 0 spiro atoms. The van der Waals surface area contributed by atoms with Crippen LogP contribution in [0.4, 0.5) is 13.2 Å². The van der Waals surface area contributed by atoms with Gasteiger partial charge in [0.1, 0.15) is 5.82 Å². The SMILES string of the molecule is NS(=O)(=O)c1ccc(C(F)F)c(F)c1. The Bertz CT molecular complexity index is 444. The van der Waals surface area contributed by atoms with Gasteiger partial charge in [-0.15, -0.1) is 0 Å². The van der Waals surface area contributed by atoms with Crippen molar-refractivity contribution < 1.29 is 21.6 Å². The van der Waals surface area contributed by atoms with Crippen molar-refractivity contribution in [2.45, 2.75) is 11.3 Å². The van der Waals surface area contributed by atoms with Crippen LogP contribution in [0, 0.1) is 5.82 Å². The van der Waals surface area contributed by atoms with Crippen molar-refractivity contribution in [1.82, 2.24) is 0 Å². The summed E-state index contributed by atoms with van der Waals surface area (Å²) in [6.45, 7) is 0. The molecule has 0 aliphatic rings. The van der Waals surface area contributed by atoms with E-state index in [-0.39, 0.29) is 0 Å². The van der Waals surface area contributed by atoms with Gasteiger partial charge in [0.05, 0.1) is 10.5 Å². The highest BCUT2D eigenvalue weighted by molar-refractivity contribution is 7.89. The lowest BCUT2D eigenvalue weighted by Gasteiger charge is -2.03. The smallest absolute Gasteiger partial charge is 0.225 e. The Labute approximate surface area is 78.4 Å². The molecule has 0 saturated carbocycles. The van der Waals surface area contributed by atoms with Crippen molar-refractivity contribution in [3.63, 3.8) is 0 Å². The zero-order chi connectivity index (χ0) is 10.9. The molecule has 78 valence electrons. The van der Waals surface area contributed by atoms with Gasteiger partial charge < -0.3 is 0 Å². The van der Waals surface area contributed by atoms with Crippen molar-refractivity contribution in [3.8, 4) is 0 Å². The Morgan fingerprint density at radius 1 is 1.29 bits per heavy atom. The van der Waals surface area contributed by atoms with Crippen LogP contribution in [0.25, 0.3) is 0 Å². The predicted molar refractivity (Wildman–Crippen MR) is 42.7 cm³/mol. The van der Waals surface area contributed by atoms with Crippen LogP contribution in [-0.4, -0.2) is 8.42 Å². The summed E-state index contributed by atoms with van der Waals surface area (Å²) in [4.78, 5) is -0.528. The third-order valence-electron chi connectivity index (χ3n) is 1.54. The summed E-state index contributed by atoms with van der Waals surface area (Å²) in [6.07, 6.45) is -2.98. The first kappa shape index (κ1) is 11.0. The second-order valence-electron chi connectivity index (χ2n) is 2.53. The molecule has 0 unspecified atom stereocenters. The van der Waals surface area contributed by atoms with Crippen molar-refractivity contribution in [2.75, 3.05) is 0 Å². The number of hydrogen-bond acceptors (Lipinski definition) is 2. The van der Waals surface area contributed by atoms with Gasteiger partial charge in [0.25, 0.3) is 6.43 Å². The van der Waals surface area contributed by atoms with Crippen LogP contribution in [0.5, 0.6) is 0 Å². The summed E-state index contributed by atoms with van der Waals surface area (Å²) < 4.78 is 58.3. The Morgan fingerprint density at radius 2 is 1.86 bits per heavy atom. The Balaban J connectivity index is 3.27. The number of sulfonamides is 1. The zero-order valence-corrected chi connectivity index (χ0v) is 7.56. The van der Waals surface area contributed by atoms with E-state index in [1.807, 2.05) is 0 Å². The first-order valence-electron chi connectivity index (χ1n) is 3.43. The topological polar surface area (TPSA) is 60.2 Å². The number of alkyl halides is 2. The van der Waals surface area contributed by atoms with E-state index in [0.29, 0.717) is 12.1 Å². The van der Waals surface area contributed by atoms with Gasteiger partial charge >= 0.3 is 0 Å². The van der Waals surface area contributed by atoms with E-state index in [0.717, 1.165) is 6.07 Å². The number of hydrogen-bond donors (Lipinski definition) is 1. The highest BCUT2D eigenvalue weighted by Gasteiger charge is 2.16. The Morgan fingerprint density at radius 3 is 2.21 bits per heavy atom. The number of halogens is 3. The van der Waals surface area contributed by atoms with Gasteiger partial charge in [0.15, 0.2) is 0 Å². The Kier molecular flexibility index (Phi) is 2.81. The number of rotatable bonds is 2. The molecule has 7 heteroatoms. The summed E-state index contributed by atoms with van der Waals surface area (Å²) in [7, 11) is -4.05. The lowest BCUT2D eigenvalue weighted by Crippen LogP contribution is -2.12. The third kappa shape index (κ3) is 2.24. The van der Waals surface area contributed by atoms with Gasteiger partial charge in [-0.2, -0.15) is 0 Å². The van der Waals surface area contributed by atoms with Crippen LogP contribution < -0.4 is 5.14 Å². The molecule has 0 atom stereocenters. The Hall–Kier alpha value is -1.08. The fraction of sp³-hybridized carbons (Fsp3) is 0.143. The first-order chi connectivity index (χ1) is 6.32. The van der Waals surface area contributed by atoms with Crippen LogP contribution >= 0.6 is 0 Å². The third-order valence-corrected chi connectivity index (χ3v) is 2.45. The fourth-order valence-corrected chi connectivity index (χ4v) is 1.39. The summed E-state index contributed by atoms with van der Waals surface area (Å²) >= 11 is 0. The number of primary sulfonamides is 1. The molecule has 1 aromatic rings. The molecule has 3 nitrogen and oxygen atoms in total. The zero-order valence-electron chi connectivity index (χ0n) is 6.75. The van der Waals surface area contributed by atoms with Gasteiger partial charge in [0.2, 0.25) is 10.0 Å². The molecule has 0 bridgehead atoms. The largest absolute Gasteiger partial charge is 0.266 e. The van der Waals surface area contributed by atoms with Gasteiger partial charge in [0, 0.05) is 0 Å². The van der Waals surface area contributed by atoms with Crippen LogP contribution in [0.15, 0.2) is 23.1 Å². The monoisotopic (exact) mass is 225 g/mol. The van der Waals surface area contributed by atoms with Gasteiger partial charge in [-0.05, 0) is 18.2 Å². The van der Waals surface area contributed by atoms with Crippen LogP contribution in [-0.2, 0) is 10.0 Å².